The zero-order chi connectivity index (χ0) is 23.0. The number of amides is 2. The van der Waals surface area contributed by atoms with Gasteiger partial charge in [0.1, 0.15) is 5.70 Å². The molecule has 2 amide bonds. The highest BCUT2D eigenvalue weighted by Crippen LogP contribution is 2.36. The lowest BCUT2D eigenvalue weighted by atomic mass is 9.97. The van der Waals surface area contributed by atoms with Crippen molar-refractivity contribution in [2.75, 3.05) is 29.2 Å². The Morgan fingerprint density at radius 2 is 1.47 bits per heavy atom. The van der Waals surface area contributed by atoms with Gasteiger partial charge in [-0.3, -0.25) is 9.59 Å². The van der Waals surface area contributed by atoms with Crippen LogP contribution in [0.1, 0.15) is 22.3 Å². The third-order valence-electron chi connectivity index (χ3n) is 5.74. The normalized spacial score (nSPS) is 13.7. The van der Waals surface area contributed by atoms with Crippen LogP contribution in [0.15, 0.2) is 72.4 Å². The van der Waals surface area contributed by atoms with Crippen LogP contribution in [0.4, 0.5) is 17.1 Å². The zero-order valence-electron chi connectivity index (χ0n) is 19.1. The Hall–Kier alpha value is -3.86. The summed E-state index contributed by atoms with van der Waals surface area (Å²) >= 11 is 0. The molecule has 0 atom stereocenters. The van der Waals surface area contributed by atoms with E-state index in [1.165, 1.54) is 4.90 Å². The Bertz CT molecular complexity index is 1240. The van der Waals surface area contributed by atoms with Crippen molar-refractivity contribution in [3.8, 4) is 0 Å². The Kier molecular flexibility index (Phi) is 5.57. The highest BCUT2D eigenvalue weighted by molar-refractivity contribution is 6.46. The second kappa shape index (κ2) is 8.35. The summed E-state index contributed by atoms with van der Waals surface area (Å²) in [5, 5.41) is 3.25. The van der Waals surface area contributed by atoms with Gasteiger partial charge < -0.3 is 10.2 Å². The van der Waals surface area contributed by atoms with Crippen molar-refractivity contribution >= 4 is 34.4 Å². The fourth-order valence-electron chi connectivity index (χ4n) is 4.01. The molecule has 0 aromatic heterocycles. The Labute approximate surface area is 189 Å². The molecule has 0 aliphatic carbocycles. The summed E-state index contributed by atoms with van der Waals surface area (Å²) in [4.78, 5) is 30.5. The minimum absolute atomic E-state index is 0.294. The predicted octanol–water partition coefficient (Wildman–Crippen LogP) is 5.07. The van der Waals surface area contributed by atoms with E-state index < -0.39 is 0 Å². The second-order valence-corrected chi connectivity index (χ2v) is 8.37. The van der Waals surface area contributed by atoms with Gasteiger partial charge in [0.2, 0.25) is 0 Å². The number of hydrogen-bond donors (Lipinski definition) is 1. The van der Waals surface area contributed by atoms with E-state index >= 15 is 0 Å². The molecule has 162 valence electrons. The third kappa shape index (κ3) is 3.78. The minimum Gasteiger partial charge on any atom is -0.378 e. The first-order valence-corrected chi connectivity index (χ1v) is 10.6. The molecule has 1 aliphatic heterocycles. The van der Waals surface area contributed by atoms with Crippen molar-refractivity contribution in [2.24, 2.45) is 0 Å². The summed E-state index contributed by atoms with van der Waals surface area (Å²) in [5.41, 5.74) is 6.78. The smallest absolute Gasteiger partial charge is 0.282 e. The van der Waals surface area contributed by atoms with Crippen molar-refractivity contribution in [3.63, 3.8) is 0 Å². The first-order valence-electron chi connectivity index (χ1n) is 10.6. The number of benzene rings is 3. The average Bonchev–Trinajstić information content (AvgIpc) is 2.99. The zero-order valence-corrected chi connectivity index (χ0v) is 19.1. The van der Waals surface area contributed by atoms with Gasteiger partial charge in [-0.1, -0.05) is 42.0 Å². The highest BCUT2D eigenvalue weighted by atomic mass is 16.2. The molecule has 3 aromatic rings. The number of para-hydroxylation sites is 1. The lowest BCUT2D eigenvalue weighted by molar-refractivity contribution is -0.120. The predicted molar refractivity (Wildman–Crippen MR) is 131 cm³/mol. The molecular weight excluding hydrogens is 398 g/mol. The first-order chi connectivity index (χ1) is 15.3. The lowest BCUT2D eigenvalue weighted by Crippen LogP contribution is -2.33. The molecule has 0 radical (unpaired) electrons. The Morgan fingerprint density at radius 3 is 2.09 bits per heavy atom. The molecule has 1 N–H and O–H groups in total. The number of carbonyl (C=O) groups excluding carboxylic acids is 2. The van der Waals surface area contributed by atoms with Gasteiger partial charge in [0.05, 0.1) is 11.3 Å². The molecule has 1 heterocycles. The quantitative estimate of drug-likeness (QED) is 0.580. The number of carbonyl (C=O) groups is 2. The molecule has 1 aliphatic rings. The fraction of sp³-hybridized carbons (Fsp3) is 0.185. The van der Waals surface area contributed by atoms with Crippen LogP contribution in [0.3, 0.4) is 0 Å². The van der Waals surface area contributed by atoms with Crippen LogP contribution >= 0.6 is 0 Å². The largest absolute Gasteiger partial charge is 0.378 e. The van der Waals surface area contributed by atoms with Gasteiger partial charge in [-0.15, -0.1) is 0 Å². The lowest BCUT2D eigenvalue weighted by Gasteiger charge is -2.18. The Morgan fingerprint density at radius 1 is 0.781 bits per heavy atom. The standard InChI is InChI=1S/C27H27N3O2/c1-17-10-15-22(19(3)16-17)24-25(28-20-11-13-21(14-12-20)29(4)5)27(32)30(26(24)31)23-9-7-6-8-18(23)2/h6-16,28H,1-5H3. The summed E-state index contributed by atoms with van der Waals surface area (Å²) in [6, 6.07) is 21.1. The molecule has 0 unspecified atom stereocenters. The van der Waals surface area contributed by atoms with E-state index in [9.17, 15) is 9.59 Å². The van der Waals surface area contributed by atoms with Gasteiger partial charge in [0, 0.05) is 25.5 Å². The molecule has 0 saturated heterocycles. The van der Waals surface area contributed by atoms with E-state index in [-0.39, 0.29) is 11.8 Å². The van der Waals surface area contributed by atoms with E-state index in [0.717, 1.165) is 33.6 Å². The maximum Gasteiger partial charge on any atom is 0.282 e. The van der Waals surface area contributed by atoms with Crippen LogP contribution in [-0.2, 0) is 9.59 Å². The van der Waals surface area contributed by atoms with E-state index in [1.54, 1.807) is 6.07 Å². The molecule has 5 heteroatoms. The number of hydrogen-bond acceptors (Lipinski definition) is 4. The second-order valence-electron chi connectivity index (χ2n) is 8.37. The van der Waals surface area contributed by atoms with Crippen molar-refractivity contribution < 1.29 is 9.59 Å². The number of anilines is 3. The minimum atomic E-state index is -0.351. The summed E-state index contributed by atoms with van der Waals surface area (Å²) in [6.07, 6.45) is 0. The number of aryl methyl sites for hydroxylation is 3. The summed E-state index contributed by atoms with van der Waals surface area (Å²) < 4.78 is 0. The van der Waals surface area contributed by atoms with Crippen LogP contribution in [-0.4, -0.2) is 25.9 Å². The number of imide groups is 1. The molecule has 0 fully saturated rings. The molecule has 5 nitrogen and oxygen atoms in total. The summed E-state index contributed by atoms with van der Waals surface area (Å²) in [7, 11) is 3.95. The molecule has 0 bridgehead atoms. The van der Waals surface area contributed by atoms with Gasteiger partial charge in [-0.25, -0.2) is 4.90 Å². The van der Waals surface area contributed by atoms with Gasteiger partial charge in [0.15, 0.2) is 0 Å². The first kappa shape index (κ1) is 21.4. The number of nitrogens with zero attached hydrogens (tertiary/aromatic N) is 2. The topological polar surface area (TPSA) is 52.7 Å². The van der Waals surface area contributed by atoms with Crippen LogP contribution in [0.2, 0.25) is 0 Å². The molecule has 3 aromatic carbocycles. The van der Waals surface area contributed by atoms with Crippen molar-refractivity contribution in [1.82, 2.24) is 0 Å². The van der Waals surface area contributed by atoms with Crippen molar-refractivity contribution in [1.29, 1.82) is 0 Å². The molecule has 0 saturated carbocycles. The van der Waals surface area contributed by atoms with E-state index in [4.69, 9.17) is 0 Å². The van der Waals surface area contributed by atoms with Crippen LogP contribution in [0, 0.1) is 20.8 Å². The van der Waals surface area contributed by atoms with Gasteiger partial charge in [-0.05, 0) is 67.8 Å². The maximum absolute atomic E-state index is 13.7. The Balaban J connectivity index is 1.83. The van der Waals surface area contributed by atoms with E-state index in [2.05, 4.69) is 5.32 Å². The van der Waals surface area contributed by atoms with Crippen molar-refractivity contribution in [3.05, 3.63) is 94.7 Å². The van der Waals surface area contributed by atoms with Crippen LogP contribution in [0.25, 0.3) is 5.57 Å². The van der Waals surface area contributed by atoms with Gasteiger partial charge >= 0.3 is 0 Å². The van der Waals surface area contributed by atoms with Crippen molar-refractivity contribution in [2.45, 2.75) is 20.8 Å². The number of nitrogens with one attached hydrogen (secondary N) is 1. The third-order valence-corrected chi connectivity index (χ3v) is 5.74. The molecule has 4 rings (SSSR count). The summed E-state index contributed by atoms with van der Waals surface area (Å²) in [5.74, 6) is -0.667. The van der Waals surface area contributed by atoms with Gasteiger partial charge in [0.25, 0.3) is 11.8 Å². The molecule has 0 spiro atoms. The average molecular weight is 426 g/mol. The SMILES string of the molecule is Cc1ccc(C2=C(Nc3ccc(N(C)C)cc3)C(=O)N(c3ccccc3C)C2=O)c(C)c1. The fourth-order valence-corrected chi connectivity index (χ4v) is 4.01. The summed E-state index contributed by atoms with van der Waals surface area (Å²) in [6.45, 7) is 5.88. The van der Waals surface area contributed by atoms with Crippen LogP contribution in [0.5, 0.6) is 0 Å². The van der Waals surface area contributed by atoms with Crippen LogP contribution < -0.4 is 15.1 Å². The molecular formula is C27H27N3O2. The van der Waals surface area contributed by atoms with E-state index in [0.29, 0.717) is 17.0 Å². The van der Waals surface area contributed by atoms with E-state index in [1.807, 2.05) is 100 Å². The number of rotatable bonds is 5. The van der Waals surface area contributed by atoms with Gasteiger partial charge in [-0.2, -0.15) is 0 Å². The molecule has 32 heavy (non-hydrogen) atoms. The monoisotopic (exact) mass is 425 g/mol. The highest BCUT2D eigenvalue weighted by Gasteiger charge is 2.41. The maximum atomic E-state index is 13.7.